The van der Waals surface area contributed by atoms with Crippen LogP contribution in [0.15, 0.2) is 41.3 Å². The number of benzene rings is 2. The van der Waals surface area contributed by atoms with Crippen molar-refractivity contribution >= 4 is 15.7 Å². The van der Waals surface area contributed by atoms with E-state index in [1.54, 1.807) is 12.1 Å². The molecule has 0 saturated carbocycles. The molecular weight excluding hydrogens is 326 g/mol. The highest BCUT2D eigenvalue weighted by atomic mass is 32.2. The zero-order chi connectivity index (χ0) is 17.3. The summed E-state index contributed by atoms with van der Waals surface area (Å²) in [7, 11) is -3.68. The van der Waals surface area contributed by atoms with E-state index in [9.17, 15) is 8.42 Å². The lowest BCUT2D eigenvalue weighted by Gasteiger charge is -2.26. The molecule has 0 saturated heterocycles. The van der Waals surface area contributed by atoms with E-state index >= 15 is 0 Å². The Bertz CT molecular complexity index is 861. The van der Waals surface area contributed by atoms with E-state index in [1.165, 1.54) is 10.4 Å². The fourth-order valence-corrected chi connectivity index (χ4v) is 4.33. The number of hydrogen-bond acceptors (Lipinski definition) is 4. The summed E-state index contributed by atoms with van der Waals surface area (Å²) < 4.78 is 38.7. The minimum atomic E-state index is -3.68. The summed E-state index contributed by atoms with van der Waals surface area (Å²) in [6, 6.07) is 10.4. The maximum Gasteiger partial charge on any atom is 0.264 e. The molecule has 1 aliphatic heterocycles. The molecule has 1 aliphatic rings. The smallest absolute Gasteiger partial charge is 0.264 e. The molecule has 3 rings (SSSR count). The zero-order valence-electron chi connectivity index (χ0n) is 14.1. The van der Waals surface area contributed by atoms with Crippen molar-refractivity contribution in [3.8, 4) is 11.5 Å². The molecule has 0 unspecified atom stereocenters. The fraction of sp³-hybridized carbons (Fsp3) is 0.333. The Morgan fingerprint density at radius 1 is 1.04 bits per heavy atom. The number of aryl methyl sites for hydroxylation is 1. The maximum absolute atomic E-state index is 13.1. The molecule has 5 nitrogen and oxygen atoms in total. The normalized spacial score (nSPS) is 13.6. The summed E-state index contributed by atoms with van der Waals surface area (Å²) in [6.07, 6.45) is 0. The average molecular weight is 347 g/mol. The molecule has 0 radical (unpaired) electrons. The van der Waals surface area contributed by atoms with Crippen molar-refractivity contribution < 1.29 is 17.9 Å². The Hall–Kier alpha value is -2.21. The first-order chi connectivity index (χ1) is 11.4. The molecule has 0 fully saturated rings. The highest BCUT2D eigenvalue weighted by molar-refractivity contribution is 7.92. The lowest BCUT2D eigenvalue weighted by Crippen LogP contribution is -2.31. The lowest BCUT2D eigenvalue weighted by atomic mass is 10.1. The topological polar surface area (TPSA) is 55.8 Å². The first kappa shape index (κ1) is 16.6. The summed E-state index contributed by atoms with van der Waals surface area (Å²) in [5.74, 6) is 1.05. The lowest BCUT2D eigenvalue weighted by molar-refractivity contribution is 0.171. The quantitative estimate of drug-likeness (QED) is 0.852. The van der Waals surface area contributed by atoms with Crippen molar-refractivity contribution in [1.82, 2.24) is 0 Å². The van der Waals surface area contributed by atoms with E-state index in [-0.39, 0.29) is 4.90 Å². The molecular formula is C18H21NO4S. The van der Waals surface area contributed by atoms with Crippen LogP contribution >= 0.6 is 0 Å². The van der Waals surface area contributed by atoms with Crippen LogP contribution in [0.5, 0.6) is 11.5 Å². The Morgan fingerprint density at radius 3 is 2.46 bits per heavy atom. The van der Waals surface area contributed by atoms with Crippen LogP contribution in [0.1, 0.15) is 18.1 Å². The van der Waals surface area contributed by atoms with Gasteiger partial charge in [0.2, 0.25) is 0 Å². The van der Waals surface area contributed by atoms with E-state index in [0.717, 1.165) is 11.1 Å². The van der Waals surface area contributed by atoms with E-state index in [2.05, 4.69) is 0 Å². The van der Waals surface area contributed by atoms with Gasteiger partial charge in [-0.2, -0.15) is 0 Å². The van der Waals surface area contributed by atoms with Crippen LogP contribution in [0, 0.1) is 13.8 Å². The molecule has 2 aromatic carbocycles. The molecule has 2 aromatic rings. The van der Waals surface area contributed by atoms with Gasteiger partial charge in [-0.1, -0.05) is 12.1 Å². The van der Waals surface area contributed by atoms with Gasteiger partial charge in [-0.25, -0.2) is 8.42 Å². The summed E-state index contributed by atoms with van der Waals surface area (Å²) in [4.78, 5) is 0.203. The van der Waals surface area contributed by atoms with Crippen molar-refractivity contribution in [1.29, 1.82) is 0 Å². The van der Waals surface area contributed by atoms with Gasteiger partial charge in [0, 0.05) is 12.6 Å². The van der Waals surface area contributed by atoms with Gasteiger partial charge in [0.1, 0.15) is 13.2 Å². The molecule has 0 aromatic heterocycles. The first-order valence-corrected chi connectivity index (χ1v) is 9.37. The van der Waals surface area contributed by atoms with Gasteiger partial charge in [0.25, 0.3) is 10.0 Å². The Labute approximate surface area is 142 Å². The number of anilines is 1. The first-order valence-electron chi connectivity index (χ1n) is 7.93. The molecule has 0 atom stereocenters. The van der Waals surface area contributed by atoms with Crippen molar-refractivity contribution in [3.63, 3.8) is 0 Å². The van der Waals surface area contributed by atoms with Crippen LogP contribution in [-0.2, 0) is 10.0 Å². The monoisotopic (exact) mass is 347 g/mol. The van der Waals surface area contributed by atoms with Crippen LogP contribution in [0.4, 0.5) is 5.69 Å². The van der Waals surface area contributed by atoms with Gasteiger partial charge in [-0.05, 0) is 50.1 Å². The molecule has 0 aliphatic carbocycles. The Kier molecular flexibility index (Phi) is 4.41. The molecule has 0 bridgehead atoms. The predicted octanol–water partition coefficient (Wildman–Crippen LogP) is 3.29. The van der Waals surface area contributed by atoms with E-state index in [4.69, 9.17) is 9.47 Å². The molecule has 1 heterocycles. The molecule has 0 spiro atoms. The minimum absolute atomic E-state index is 0.203. The summed E-state index contributed by atoms with van der Waals surface area (Å²) in [5.41, 5.74) is 2.72. The molecule has 128 valence electrons. The molecule has 0 amide bonds. The molecule has 24 heavy (non-hydrogen) atoms. The average Bonchev–Trinajstić information content (AvgIpc) is 2.58. The maximum atomic E-state index is 13.1. The van der Waals surface area contributed by atoms with E-state index in [0.29, 0.717) is 36.9 Å². The van der Waals surface area contributed by atoms with Gasteiger partial charge < -0.3 is 9.47 Å². The largest absolute Gasteiger partial charge is 0.486 e. The van der Waals surface area contributed by atoms with Gasteiger partial charge in [0.15, 0.2) is 11.5 Å². The van der Waals surface area contributed by atoms with E-state index < -0.39 is 10.0 Å². The SMILES string of the molecule is CCN(c1cccc(C)c1C)S(=O)(=O)c1ccc2c(c1)OCCO2. The van der Waals surface area contributed by atoms with Gasteiger partial charge >= 0.3 is 0 Å². The Morgan fingerprint density at radius 2 is 1.75 bits per heavy atom. The third-order valence-corrected chi connectivity index (χ3v) is 6.12. The number of fused-ring (bicyclic) bond motifs is 1. The van der Waals surface area contributed by atoms with Crippen molar-refractivity contribution in [2.75, 3.05) is 24.1 Å². The summed E-state index contributed by atoms with van der Waals surface area (Å²) in [6.45, 7) is 6.99. The minimum Gasteiger partial charge on any atom is -0.486 e. The van der Waals surface area contributed by atoms with Gasteiger partial charge in [-0.3, -0.25) is 4.31 Å². The zero-order valence-corrected chi connectivity index (χ0v) is 14.9. The second-order valence-electron chi connectivity index (χ2n) is 5.69. The van der Waals surface area contributed by atoms with Crippen LogP contribution in [-0.4, -0.2) is 28.2 Å². The second kappa shape index (κ2) is 6.36. The summed E-state index contributed by atoms with van der Waals surface area (Å²) in [5, 5.41) is 0. The Balaban J connectivity index is 2.06. The van der Waals surface area contributed by atoms with Crippen LogP contribution in [0.25, 0.3) is 0 Å². The van der Waals surface area contributed by atoms with Crippen LogP contribution in [0.2, 0.25) is 0 Å². The van der Waals surface area contributed by atoms with Crippen molar-refractivity contribution in [2.45, 2.75) is 25.7 Å². The number of hydrogen-bond donors (Lipinski definition) is 0. The van der Waals surface area contributed by atoms with Crippen LogP contribution < -0.4 is 13.8 Å². The predicted molar refractivity (Wildman–Crippen MR) is 93.6 cm³/mol. The fourth-order valence-electron chi connectivity index (χ4n) is 2.79. The number of nitrogens with zero attached hydrogens (tertiary/aromatic N) is 1. The number of sulfonamides is 1. The van der Waals surface area contributed by atoms with Crippen molar-refractivity contribution in [3.05, 3.63) is 47.5 Å². The third kappa shape index (κ3) is 2.82. The molecule has 0 N–H and O–H groups in total. The second-order valence-corrected chi connectivity index (χ2v) is 7.56. The highest BCUT2D eigenvalue weighted by Gasteiger charge is 2.27. The summed E-state index contributed by atoms with van der Waals surface area (Å²) >= 11 is 0. The number of ether oxygens (including phenoxy) is 2. The third-order valence-electron chi connectivity index (χ3n) is 4.23. The standard InChI is InChI=1S/C18H21NO4S/c1-4-19(16-7-5-6-13(2)14(16)3)24(20,21)15-8-9-17-18(12-15)23-11-10-22-17/h5-9,12H,4,10-11H2,1-3H3. The van der Waals surface area contributed by atoms with Gasteiger partial charge in [-0.15, -0.1) is 0 Å². The van der Waals surface area contributed by atoms with Crippen LogP contribution in [0.3, 0.4) is 0 Å². The molecule has 6 heteroatoms. The van der Waals surface area contributed by atoms with Gasteiger partial charge in [0.05, 0.1) is 10.6 Å². The van der Waals surface area contributed by atoms with E-state index in [1.807, 2.05) is 39.0 Å². The van der Waals surface area contributed by atoms with Crippen molar-refractivity contribution in [2.24, 2.45) is 0 Å². The highest BCUT2D eigenvalue weighted by Crippen LogP contribution is 2.35. The number of rotatable bonds is 4.